The first-order valence-electron chi connectivity index (χ1n) is 11.0. The molecule has 1 amide bonds. The lowest BCUT2D eigenvalue weighted by molar-refractivity contribution is -0.153. The molecule has 3 aliphatic carbocycles. The molecular weight excluding hydrogens is 442 g/mol. The monoisotopic (exact) mass is 471 g/mol. The molecule has 6 N–H and O–H groups in total. The highest BCUT2D eigenvalue weighted by atomic mass is 16.3. The summed E-state index contributed by atoms with van der Waals surface area (Å²) in [4.78, 5) is 42.2. The van der Waals surface area contributed by atoms with Gasteiger partial charge in [0.25, 0.3) is 5.91 Å². The maximum absolute atomic E-state index is 13.7. The van der Waals surface area contributed by atoms with Crippen LogP contribution in [0.4, 0.5) is 0 Å². The standard InChI is InChI=1S/C24H29N3O7/c1-26(2)9-10-5-6-14(28)16-12(10)7-11-8-13-18(27(3)4)20(30)17(23(25)33)22(32)24(13,34)21(31)15(11)19(16)29/h5-6,11,13,18,28-29,32,34H,7-9H2,1-4H3,(H2,25,33)/t11-,13-,18-,24-/m1/s1. The summed E-state index contributed by atoms with van der Waals surface area (Å²) in [6, 6.07) is 2.10. The predicted molar refractivity (Wildman–Crippen MR) is 122 cm³/mol. The Morgan fingerprint density at radius 2 is 1.79 bits per heavy atom. The molecule has 1 fully saturated rings. The Morgan fingerprint density at radius 3 is 2.35 bits per heavy atom. The normalized spacial score (nSPS) is 28.9. The molecule has 0 bridgehead atoms. The molecule has 4 rings (SSSR count). The fourth-order valence-electron chi connectivity index (χ4n) is 5.80. The molecule has 0 aromatic heterocycles. The van der Waals surface area contributed by atoms with E-state index in [4.69, 9.17) is 5.73 Å². The van der Waals surface area contributed by atoms with Gasteiger partial charge in [0.2, 0.25) is 5.78 Å². The largest absolute Gasteiger partial charge is 0.508 e. The van der Waals surface area contributed by atoms with E-state index in [2.05, 4.69) is 0 Å². The van der Waals surface area contributed by atoms with Crippen molar-refractivity contribution in [2.24, 2.45) is 17.6 Å². The summed E-state index contributed by atoms with van der Waals surface area (Å²) in [5.74, 6) is -6.48. The van der Waals surface area contributed by atoms with Gasteiger partial charge in [-0.3, -0.25) is 19.3 Å². The number of likely N-dealkylation sites (N-methyl/N-ethyl adjacent to an activating group) is 1. The summed E-state index contributed by atoms with van der Waals surface area (Å²) in [5, 5.41) is 44.1. The van der Waals surface area contributed by atoms with Crippen LogP contribution < -0.4 is 5.73 Å². The maximum atomic E-state index is 13.7. The van der Waals surface area contributed by atoms with E-state index in [0.717, 1.165) is 5.56 Å². The van der Waals surface area contributed by atoms with Gasteiger partial charge < -0.3 is 31.1 Å². The molecule has 1 aromatic rings. The number of ketones is 2. The highest BCUT2D eigenvalue weighted by Crippen LogP contribution is 2.52. The minimum absolute atomic E-state index is 0.0722. The second-order valence-electron chi connectivity index (χ2n) is 9.80. The number of primary amides is 1. The fraction of sp³-hybridized carbons (Fsp3) is 0.458. The summed E-state index contributed by atoms with van der Waals surface area (Å²) < 4.78 is 0. The van der Waals surface area contributed by atoms with Crippen molar-refractivity contribution in [2.75, 3.05) is 28.2 Å². The molecule has 0 heterocycles. The molecule has 1 aromatic carbocycles. The van der Waals surface area contributed by atoms with Crippen molar-refractivity contribution in [3.63, 3.8) is 0 Å². The Balaban J connectivity index is 1.96. The van der Waals surface area contributed by atoms with Crippen LogP contribution in [0.2, 0.25) is 0 Å². The number of aliphatic hydroxyl groups is 3. The van der Waals surface area contributed by atoms with Gasteiger partial charge in [0, 0.05) is 18.0 Å². The van der Waals surface area contributed by atoms with Crippen molar-refractivity contribution >= 4 is 23.2 Å². The molecule has 10 nitrogen and oxygen atoms in total. The smallest absolute Gasteiger partial charge is 0.255 e. The summed E-state index contributed by atoms with van der Waals surface area (Å²) in [6.45, 7) is 0.531. The van der Waals surface area contributed by atoms with Crippen LogP contribution >= 0.6 is 0 Å². The van der Waals surface area contributed by atoms with Crippen LogP contribution in [0.15, 0.2) is 29.0 Å². The summed E-state index contributed by atoms with van der Waals surface area (Å²) in [6.07, 6.45) is 0.356. The van der Waals surface area contributed by atoms with Gasteiger partial charge in [0.15, 0.2) is 11.4 Å². The second kappa shape index (κ2) is 7.93. The molecule has 0 radical (unpaired) electrons. The molecule has 1 saturated carbocycles. The van der Waals surface area contributed by atoms with Gasteiger partial charge >= 0.3 is 0 Å². The lowest BCUT2D eigenvalue weighted by Gasteiger charge is -2.50. The molecule has 0 spiro atoms. The van der Waals surface area contributed by atoms with Crippen LogP contribution in [0.5, 0.6) is 5.75 Å². The first-order valence-corrected chi connectivity index (χ1v) is 11.0. The minimum Gasteiger partial charge on any atom is -0.508 e. The van der Waals surface area contributed by atoms with E-state index in [1.165, 1.54) is 11.0 Å². The number of carbonyl (C=O) groups is 3. The average Bonchev–Trinajstić information content (AvgIpc) is 2.72. The minimum atomic E-state index is -2.62. The zero-order valence-corrected chi connectivity index (χ0v) is 19.5. The van der Waals surface area contributed by atoms with Crippen molar-refractivity contribution in [3.05, 3.63) is 45.7 Å². The molecule has 0 saturated heterocycles. The van der Waals surface area contributed by atoms with Crippen molar-refractivity contribution in [3.8, 4) is 5.75 Å². The van der Waals surface area contributed by atoms with Gasteiger partial charge in [-0.25, -0.2) is 0 Å². The number of phenolic OH excluding ortho intramolecular Hbond substituents is 1. The Morgan fingerprint density at radius 1 is 1.15 bits per heavy atom. The highest BCUT2D eigenvalue weighted by molar-refractivity contribution is 6.24. The average molecular weight is 472 g/mol. The summed E-state index contributed by atoms with van der Waals surface area (Å²) in [7, 11) is 6.91. The molecule has 4 atom stereocenters. The number of hydrogen-bond donors (Lipinski definition) is 5. The molecule has 34 heavy (non-hydrogen) atoms. The summed E-state index contributed by atoms with van der Waals surface area (Å²) >= 11 is 0. The number of nitrogens with two attached hydrogens (primary N) is 1. The third kappa shape index (κ3) is 3.17. The highest BCUT2D eigenvalue weighted by Gasteiger charge is 2.64. The zero-order valence-electron chi connectivity index (χ0n) is 19.5. The molecule has 182 valence electrons. The van der Waals surface area contributed by atoms with E-state index in [1.807, 2.05) is 19.0 Å². The van der Waals surface area contributed by atoms with Gasteiger partial charge in [0.05, 0.1) is 11.6 Å². The number of benzene rings is 1. The topological polar surface area (TPSA) is 165 Å². The second-order valence-corrected chi connectivity index (χ2v) is 9.80. The van der Waals surface area contributed by atoms with Crippen molar-refractivity contribution in [1.82, 2.24) is 9.80 Å². The molecule has 0 aliphatic heterocycles. The number of Topliss-reactive ketones (excluding diaryl/α,β-unsaturated/α-hetero) is 2. The van der Waals surface area contributed by atoms with Crippen molar-refractivity contribution in [2.45, 2.75) is 31.0 Å². The number of rotatable bonds is 4. The number of phenols is 1. The Hall–Kier alpha value is -3.21. The number of carbonyl (C=O) groups excluding carboxylic acids is 3. The van der Waals surface area contributed by atoms with Crippen LogP contribution in [-0.4, -0.2) is 87.5 Å². The SMILES string of the molecule is CN(C)Cc1ccc(O)c2c1C[C@@H]1C[C@@H]3[C@@H](N(C)C)C(=O)C(C(N)=O)=C(O)[C@]3(O)C(=O)C1=C2O. The molecule has 10 heteroatoms. The Bertz CT molecular complexity index is 1180. The van der Waals surface area contributed by atoms with Crippen molar-refractivity contribution < 1.29 is 34.8 Å². The number of aromatic hydroxyl groups is 1. The van der Waals surface area contributed by atoms with E-state index in [9.17, 15) is 34.8 Å². The van der Waals surface area contributed by atoms with Gasteiger partial charge in [0.1, 0.15) is 22.8 Å². The van der Waals surface area contributed by atoms with E-state index in [-0.39, 0.29) is 29.7 Å². The first kappa shape index (κ1) is 23.9. The van der Waals surface area contributed by atoms with Crippen LogP contribution in [0.1, 0.15) is 23.1 Å². The Labute approximate surface area is 196 Å². The third-order valence-corrected chi connectivity index (χ3v) is 7.19. The maximum Gasteiger partial charge on any atom is 0.255 e. The number of hydrogen-bond acceptors (Lipinski definition) is 9. The van der Waals surface area contributed by atoms with Crippen molar-refractivity contribution in [1.29, 1.82) is 0 Å². The van der Waals surface area contributed by atoms with E-state index in [1.54, 1.807) is 20.2 Å². The number of nitrogens with zero attached hydrogens (tertiary/aromatic N) is 2. The number of aliphatic hydroxyl groups excluding tert-OH is 2. The lowest BCUT2D eigenvalue weighted by atomic mass is 9.57. The quantitative estimate of drug-likeness (QED) is 0.381. The lowest BCUT2D eigenvalue weighted by Crippen LogP contribution is -2.65. The first-order chi connectivity index (χ1) is 15.8. The van der Waals surface area contributed by atoms with Crippen LogP contribution in [0.3, 0.4) is 0 Å². The fourth-order valence-corrected chi connectivity index (χ4v) is 5.80. The predicted octanol–water partition coefficient (Wildman–Crippen LogP) is 0.0256. The number of amides is 1. The molecular formula is C24H29N3O7. The van der Waals surface area contributed by atoms with Crippen LogP contribution in [0, 0.1) is 11.8 Å². The van der Waals surface area contributed by atoms with E-state index < -0.39 is 58.0 Å². The van der Waals surface area contributed by atoms with Gasteiger partial charge in [-0.1, -0.05) is 6.07 Å². The van der Waals surface area contributed by atoms with Gasteiger partial charge in [-0.15, -0.1) is 0 Å². The molecule has 3 aliphatic rings. The third-order valence-electron chi connectivity index (χ3n) is 7.19. The van der Waals surface area contributed by atoms with Gasteiger partial charge in [-0.2, -0.15) is 0 Å². The Kier molecular flexibility index (Phi) is 5.58. The van der Waals surface area contributed by atoms with Crippen LogP contribution in [-0.2, 0) is 27.3 Å². The van der Waals surface area contributed by atoms with E-state index >= 15 is 0 Å². The van der Waals surface area contributed by atoms with E-state index in [0.29, 0.717) is 12.1 Å². The van der Waals surface area contributed by atoms with Crippen LogP contribution in [0.25, 0.3) is 5.76 Å². The summed E-state index contributed by atoms with van der Waals surface area (Å²) in [5.41, 5.74) is 3.37. The zero-order chi connectivity index (χ0) is 25.3. The number of fused-ring (bicyclic) bond motifs is 3. The molecule has 0 unspecified atom stereocenters. The van der Waals surface area contributed by atoms with Gasteiger partial charge in [-0.05, 0) is 64.1 Å².